The summed E-state index contributed by atoms with van der Waals surface area (Å²) in [4.78, 5) is 91.2. The average molecular weight is 1050 g/mol. The number of hydrogen-bond acceptors (Lipinski definition) is 14. The summed E-state index contributed by atoms with van der Waals surface area (Å²) in [5.74, 6) is -1.42. The summed E-state index contributed by atoms with van der Waals surface area (Å²) in [6.07, 6.45) is 0.0141. The highest BCUT2D eigenvalue weighted by molar-refractivity contribution is 5.98. The van der Waals surface area contributed by atoms with E-state index in [4.69, 9.17) is 20.0 Å². The van der Waals surface area contributed by atoms with Crippen molar-refractivity contribution in [1.29, 1.82) is 10.5 Å². The fourth-order valence-electron chi connectivity index (χ4n) is 8.69. The third-order valence-corrected chi connectivity index (χ3v) is 12.8. The van der Waals surface area contributed by atoms with Crippen LogP contribution in [-0.2, 0) is 23.9 Å². The highest BCUT2D eigenvalue weighted by Crippen LogP contribution is 2.32. The molecule has 0 aliphatic carbocycles. The fourth-order valence-corrected chi connectivity index (χ4v) is 8.69. The molecule has 3 N–H and O–H groups in total. The number of benzene rings is 4. The first-order valence-electron chi connectivity index (χ1n) is 25.0. The van der Waals surface area contributed by atoms with Crippen molar-refractivity contribution in [3.63, 3.8) is 0 Å². The Morgan fingerprint density at radius 3 is 1.70 bits per heavy atom. The number of cyclic esters (lactones) is 2. The molecule has 4 heterocycles. The molecule has 8 rings (SSSR count). The maximum Gasteiger partial charge on any atom is 0.415 e. The average Bonchev–Trinajstić information content (AvgIpc) is 3.96. The van der Waals surface area contributed by atoms with Crippen molar-refractivity contribution in [2.45, 2.75) is 65.1 Å². The first-order valence-corrected chi connectivity index (χ1v) is 25.0. The molecular weight excluding hydrogens is 983 g/mol. The van der Waals surface area contributed by atoms with Crippen LogP contribution in [0.2, 0.25) is 0 Å². The third-order valence-electron chi connectivity index (χ3n) is 12.8. The van der Waals surface area contributed by atoms with E-state index in [2.05, 4.69) is 16.0 Å². The summed E-state index contributed by atoms with van der Waals surface area (Å²) in [6, 6.07) is 26.4. The van der Waals surface area contributed by atoms with Gasteiger partial charge >= 0.3 is 12.2 Å². The second-order valence-corrected chi connectivity index (χ2v) is 18.7. The SMILES string of the molecule is CC(=O)NC[C@@]1(C)CN(c2ccc(N3CCN(C(=O)CCC(=O)c4ccc(C#N)cc4)CC3)c(F)c2)C(=O)O1.CC(=O)NC[C@H]1CN(c2ccc(N3CCNCC3)c(F)c2)C(=O)O1.CCCC(=O)c1ccc(C#N)cc1. The van der Waals surface area contributed by atoms with Gasteiger partial charge in [0, 0.05) is 96.6 Å². The number of halogens is 2. The molecule has 76 heavy (non-hydrogen) atoms. The summed E-state index contributed by atoms with van der Waals surface area (Å²) < 4.78 is 40.2. The Morgan fingerprint density at radius 1 is 0.684 bits per heavy atom. The lowest BCUT2D eigenvalue weighted by molar-refractivity contribution is -0.131. The fraction of sp³-hybridized carbons (Fsp3) is 0.400. The Kier molecular flexibility index (Phi) is 20.0. The lowest BCUT2D eigenvalue weighted by atomic mass is 10.0. The molecule has 4 aliphatic rings. The lowest BCUT2D eigenvalue weighted by Crippen LogP contribution is -2.49. The van der Waals surface area contributed by atoms with E-state index in [1.807, 2.05) is 28.9 Å². The van der Waals surface area contributed by atoms with Gasteiger partial charge in [-0.3, -0.25) is 33.8 Å². The number of amides is 5. The first kappa shape index (κ1) is 56.9. The molecule has 4 aromatic carbocycles. The molecule has 0 unspecified atom stereocenters. The van der Waals surface area contributed by atoms with Crippen molar-refractivity contribution in [1.82, 2.24) is 20.9 Å². The molecule has 0 saturated carbocycles. The van der Waals surface area contributed by atoms with Gasteiger partial charge in [-0.2, -0.15) is 10.5 Å². The molecule has 0 aromatic heterocycles. The number of piperazine rings is 2. The molecule has 4 aliphatic heterocycles. The predicted octanol–water partition coefficient (Wildman–Crippen LogP) is 6.10. The van der Waals surface area contributed by atoms with Crippen LogP contribution in [0.25, 0.3) is 0 Å². The Hall–Kier alpha value is -8.43. The summed E-state index contributed by atoms with van der Waals surface area (Å²) in [7, 11) is 0. The first-order chi connectivity index (χ1) is 36.4. The Labute approximate surface area is 440 Å². The van der Waals surface area contributed by atoms with E-state index < -0.39 is 29.7 Å². The molecule has 4 saturated heterocycles. The zero-order valence-corrected chi connectivity index (χ0v) is 43.0. The van der Waals surface area contributed by atoms with E-state index >= 15 is 4.39 Å². The smallest absolute Gasteiger partial charge is 0.415 e. The topological polar surface area (TPSA) is 238 Å². The quantitative estimate of drug-likeness (QED) is 0.114. The van der Waals surface area contributed by atoms with E-state index in [0.717, 1.165) is 32.6 Å². The minimum Gasteiger partial charge on any atom is -0.442 e. The number of nitrogens with zero attached hydrogens (tertiary/aromatic N) is 7. The van der Waals surface area contributed by atoms with Crippen LogP contribution < -0.4 is 35.6 Å². The van der Waals surface area contributed by atoms with E-state index in [1.165, 1.54) is 35.8 Å². The van der Waals surface area contributed by atoms with Crippen LogP contribution in [0.1, 0.15) is 85.2 Å². The van der Waals surface area contributed by atoms with Crippen LogP contribution in [0.4, 0.5) is 41.1 Å². The van der Waals surface area contributed by atoms with Gasteiger partial charge in [-0.15, -0.1) is 0 Å². The predicted molar refractivity (Wildman–Crippen MR) is 279 cm³/mol. The number of ether oxygens (including phenoxy) is 2. The normalized spacial score (nSPS) is 17.9. The Morgan fingerprint density at radius 2 is 1.20 bits per heavy atom. The summed E-state index contributed by atoms with van der Waals surface area (Å²) in [5.41, 5.74) is 3.02. The van der Waals surface area contributed by atoms with Crippen LogP contribution in [0.15, 0.2) is 84.9 Å². The molecule has 400 valence electrons. The number of nitriles is 2. The number of Topliss-reactive ketones (excluding diaryl/α,β-unsaturated/α-hetero) is 2. The van der Waals surface area contributed by atoms with E-state index in [1.54, 1.807) is 84.6 Å². The second kappa shape index (κ2) is 26.7. The van der Waals surface area contributed by atoms with Crippen molar-refractivity contribution < 1.29 is 51.8 Å². The van der Waals surface area contributed by atoms with Crippen molar-refractivity contribution in [2.24, 2.45) is 0 Å². The third kappa shape index (κ3) is 15.6. The van der Waals surface area contributed by atoms with Crippen LogP contribution in [0.3, 0.4) is 0 Å². The summed E-state index contributed by atoms with van der Waals surface area (Å²) in [6.45, 7) is 12.1. The number of hydrogen-bond donors (Lipinski definition) is 3. The molecule has 5 amide bonds. The molecule has 0 spiro atoms. The number of anilines is 4. The van der Waals surface area contributed by atoms with Crippen LogP contribution >= 0.6 is 0 Å². The molecule has 2 atom stereocenters. The molecule has 0 bridgehead atoms. The van der Waals surface area contributed by atoms with Crippen molar-refractivity contribution in [3.8, 4) is 12.1 Å². The highest BCUT2D eigenvalue weighted by Gasteiger charge is 2.42. The van der Waals surface area contributed by atoms with E-state index in [0.29, 0.717) is 77.6 Å². The largest absolute Gasteiger partial charge is 0.442 e. The van der Waals surface area contributed by atoms with Gasteiger partial charge in [0.1, 0.15) is 23.3 Å². The van der Waals surface area contributed by atoms with Gasteiger partial charge in [0.2, 0.25) is 17.7 Å². The monoisotopic (exact) mass is 1040 g/mol. The van der Waals surface area contributed by atoms with Gasteiger partial charge < -0.3 is 40.1 Å². The zero-order chi connectivity index (χ0) is 54.9. The number of rotatable bonds is 15. The van der Waals surface area contributed by atoms with Crippen LogP contribution in [-0.4, -0.2) is 137 Å². The van der Waals surface area contributed by atoms with Gasteiger partial charge in [-0.05, 0) is 74.0 Å². The van der Waals surface area contributed by atoms with Crippen molar-refractivity contribution >= 4 is 64.2 Å². The zero-order valence-electron chi connectivity index (χ0n) is 43.0. The number of carbonyl (C=O) groups excluding carboxylic acids is 7. The Balaban J connectivity index is 0.000000213. The van der Waals surface area contributed by atoms with Crippen LogP contribution in [0.5, 0.6) is 0 Å². The van der Waals surface area contributed by atoms with Gasteiger partial charge in [-0.25, -0.2) is 18.4 Å². The van der Waals surface area contributed by atoms with E-state index in [-0.39, 0.29) is 74.1 Å². The van der Waals surface area contributed by atoms with E-state index in [9.17, 15) is 38.0 Å². The van der Waals surface area contributed by atoms with Gasteiger partial charge in [0.05, 0.1) is 72.2 Å². The summed E-state index contributed by atoms with van der Waals surface area (Å²) in [5, 5.41) is 25.9. The summed E-state index contributed by atoms with van der Waals surface area (Å²) >= 11 is 0. The van der Waals surface area contributed by atoms with Crippen molar-refractivity contribution in [3.05, 3.63) is 119 Å². The minimum atomic E-state index is -0.923. The number of nitrogens with one attached hydrogen (secondary N) is 3. The number of carbonyl (C=O) groups is 7. The van der Waals surface area contributed by atoms with Crippen LogP contribution in [0, 0.1) is 34.3 Å². The molecular formula is C55H62F2N10O9. The molecule has 19 nitrogen and oxygen atoms in total. The van der Waals surface area contributed by atoms with Crippen molar-refractivity contribution in [2.75, 3.05) is 98.1 Å². The lowest BCUT2D eigenvalue weighted by Gasteiger charge is -2.36. The Bertz CT molecular complexity index is 2840. The second-order valence-electron chi connectivity index (χ2n) is 18.7. The maximum atomic E-state index is 15.1. The van der Waals surface area contributed by atoms with Gasteiger partial charge in [-0.1, -0.05) is 31.2 Å². The maximum absolute atomic E-state index is 15.1. The minimum absolute atomic E-state index is 0.0732. The number of ketones is 2. The highest BCUT2D eigenvalue weighted by atomic mass is 19.1. The van der Waals surface area contributed by atoms with Gasteiger partial charge in [0.25, 0.3) is 0 Å². The molecule has 21 heteroatoms. The molecule has 0 radical (unpaired) electrons. The standard InChI is InChI=1S/C28H30FN5O5.C16H21FN4O3.C11H11NO/c1-19(35)31-17-28(2)18-34(27(38)39-28)22-7-8-24(23(29)15-22)32-11-13-33(14-12-32)26(37)10-9-25(36)21-5-3-20(16-30)4-6-21;1-11(22)19-9-13-10-21(16(23)24-13)12-2-3-15(14(17)8-12)20-6-4-18-5-7-20;1-2-3-11(13)10-6-4-9(8-12)5-7-10/h3-8,15H,9-14,17-18H2,1-2H3,(H,31,35);2-3,8,13,18H,4-7,9-10H2,1H3,(H,19,22);4-7H,2-3H2,1H3/t28-;13-;/m00./s1. The van der Waals surface area contributed by atoms with Gasteiger partial charge in [0.15, 0.2) is 11.6 Å². The molecule has 4 aromatic rings. The molecule has 4 fully saturated rings.